The number of carbonyl (C=O) groups is 1. The van der Waals surface area contributed by atoms with Gasteiger partial charge in [0.2, 0.25) is 5.91 Å². The molecule has 1 unspecified atom stereocenters. The average molecular weight is 337 g/mol. The molecule has 0 saturated carbocycles. The van der Waals surface area contributed by atoms with E-state index in [-0.39, 0.29) is 18.5 Å². The third-order valence-corrected chi connectivity index (χ3v) is 4.16. The lowest BCUT2D eigenvalue weighted by Gasteiger charge is -2.17. The molecule has 0 saturated heterocycles. The zero-order valence-corrected chi connectivity index (χ0v) is 13.8. The molecule has 0 aliphatic rings. The second kappa shape index (κ2) is 8.18. The number of hydrogen-bond donors (Lipinski definition) is 2. The summed E-state index contributed by atoms with van der Waals surface area (Å²) in [4.78, 5) is 12.1. The molecule has 1 atom stereocenters. The van der Waals surface area contributed by atoms with E-state index in [9.17, 15) is 4.79 Å². The van der Waals surface area contributed by atoms with Crippen LogP contribution >= 0.6 is 23.2 Å². The van der Waals surface area contributed by atoms with E-state index in [2.05, 4.69) is 17.6 Å². The van der Waals surface area contributed by atoms with Gasteiger partial charge in [0, 0.05) is 6.04 Å². The van der Waals surface area contributed by atoms with Gasteiger partial charge in [0.15, 0.2) is 0 Å². The van der Waals surface area contributed by atoms with Gasteiger partial charge in [0.05, 0.1) is 22.3 Å². The van der Waals surface area contributed by atoms with Gasteiger partial charge in [-0.3, -0.25) is 4.79 Å². The van der Waals surface area contributed by atoms with Crippen molar-refractivity contribution in [2.45, 2.75) is 19.4 Å². The predicted molar refractivity (Wildman–Crippen MR) is 92.6 cm³/mol. The minimum Gasteiger partial charge on any atom is -0.324 e. The number of carbonyl (C=O) groups excluding carboxylic acids is 1. The Labute approximate surface area is 140 Å². The Morgan fingerprint density at radius 2 is 1.82 bits per heavy atom. The first-order valence-electron chi connectivity index (χ1n) is 7.14. The molecule has 0 aromatic heterocycles. The molecular weight excluding hydrogens is 319 g/mol. The summed E-state index contributed by atoms with van der Waals surface area (Å²) >= 11 is 12.0. The normalized spacial score (nSPS) is 12.0. The van der Waals surface area contributed by atoms with Crippen molar-refractivity contribution in [2.24, 2.45) is 0 Å². The number of amides is 1. The van der Waals surface area contributed by atoms with E-state index >= 15 is 0 Å². The molecule has 0 spiro atoms. The van der Waals surface area contributed by atoms with E-state index < -0.39 is 0 Å². The van der Waals surface area contributed by atoms with Gasteiger partial charge >= 0.3 is 0 Å². The van der Waals surface area contributed by atoms with Gasteiger partial charge < -0.3 is 10.6 Å². The second-order valence-corrected chi connectivity index (χ2v) is 5.69. The van der Waals surface area contributed by atoms with Gasteiger partial charge in [-0.25, -0.2) is 0 Å². The van der Waals surface area contributed by atoms with Crippen LogP contribution in [0.1, 0.15) is 24.9 Å². The average Bonchev–Trinajstić information content (AvgIpc) is 2.53. The van der Waals surface area contributed by atoms with Crippen LogP contribution in [0.2, 0.25) is 10.0 Å². The van der Waals surface area contributed by atoms with Crippen LogP contribution in [0.15, 0.2) is 48.5 Å². The molecule has 5 heteroatoms. The Morgan fingerprint density at radius 3 is 2.50 bits per heavy atom. The number of rotatable bonds is 6. The summed E-state index contributed by atoms with van der Waals surface area (Å²) in [6.07, 6.45) is 0.898. The van der Waals surface area contributed by atoms with Crippen molar-refractivity contribution < 1.29 is 4.79 Å². The fourth-order valence-corrected chi connectivity index (χ4v) is 2.54. The lowest BCUT2D eigenvalue weighted by Crippen LogP contribution is -2.31. The molecule has 2 N–H and O–H groups in total. The number of halogens is 2. The van der Waals surface area contributed by atoms with Crippen LogP contribution in [0.25, 0.3) is 0 Å². The van der Waals surface area contributed by atoms with Crippen molar-refractivity contribution in [3.63, 3.8) is 0 Å². The van der Waals surface area contributed by atoms with Crippen LogP contribution in [0, 0.1) is 0 Å². The Morgan fingerprint density at radius 1 is 1.09 bits per heavy atom. The van der Waals surface area contributed by atoms with Gasteiger partial charge in [-0.2, -0.15) is 0 Å². The highest BCUT2D eigenvalue weighted by atomic mass is 35.5. The summed E-state index contributed by atoms with van der Waals surface area (Å²) in [5, 5.41) is 6.79. The fourth-order valence-electron chi connectivity index (χ4n) is 2.19. The Kier molecular flexibility index (Phi) is 6.25. The fraction of sp³-hybridized carbons (Fsp3) is 0.235. The quantitative estimate of drug-likeness (QED) is 0.804. The van der Waals surface area contributed by atoms with E-state index in [1.165, 1.54) is 5.56 Å². The summed E-state index contributed by atoms with van der Waals surface area (Å²) in [6.45, 7) is 2.28. The molecule has 116 valence electrons. The lowest BCUT2D eigenvalue weighted by atomic mass is 10.0. The highest BCUT2D eigenvalue weighted by Crippen LogP contribution is 2.29. The summed E-state index contributed by atoms with van der Waals surface area (Å²) in [6, 6.07) is 15.3. The maximum Gasteiger partial charge on any atom is 0.238 e. The Bertz CT molecular complexity index is 632. The number of benzene rings is 2. The standard InChI is InChI=1S/C17H18Cl2N2O/c1-2-14(12-7-4-3-5-8-12)20-11-16(22)21-15-10-6-9-13(18)17(15)19/h3-10,14,20H,2,11H2,1H3,(H,21,22). The van der Waals surface area contributed by atoms with Crippen molar-refractivity contribution in [1.29, 1.82) is 0 Å². The summed E-state index contributed by atoms with van der Waals surface area (Å²) < 4.78 is 0. The zero-order chi connectivity index (χ0) is 15.9. The number of nitrogens with one attached hydrogen (secondary N) is 2. The maximum atomic E-state index is 12.1. The molecule has 22 heavy (non-hydrogen) atoms. The Balaban J connectivity index is 1.93. The van der Waals surface area contributed by atoms with Gasteiger partial charge in [0.1, 0.15) is 0 Å². The van der Waals surface area contributed by atoms with E-state index in [4.69, 9.17) is 23.2 Å². The highest BCUT2D eigenvalue weighted by molar-refractivity contribution is 6.43. The first kappa shape index (κ1) is 16.8. The van der Waals surface area contributed by atoms with Crippen molar-refractivity contribution in [3.05, 3.63) is 64.1 Å². The van der Waals surface area contributed by atoms with Crippen LogP contribution in [0.3, 0.4) is 0 Å². The molecule has 3 nitrogen and oxygen atoms in total. The zero-order valence-electron chi connectivity index (χ0n) is 12.3. The van der Waals surface area contributed by atoms with Gasteiger partial charge in [0.25, 0.3) is 0 Å². The molecule has 0 aliphatic heterocycles. The minimum atomic E-state index is -0.154. The molecule has 0 radical (unpaired) electrons. The third kappa shape index (κ3) is 4.47. The largest absolute Gasteiger partial charge is 0.324 e. The summed E-state index contributed by atoms with van der Waals surface area (Å²) in [7, 11) is 0. The molecule has 2 rings (SSSR count). The smallest absolute Gasteiger partial charge is 0.238 e. The molecule has 0 heterocycles. The topological polar surface area (TPSA) is 41.1 Å². The number of anilines is 1. The molecule has 2 aromatic carbocycles. The van der Waals surface area contributed by atoms with Gasteiger partial charge in [-0.15, -0.1) is 0 Å². The van der Waals surface area contributed by atoms with Gasteiger partial charge in [-0.1, -0.05) is 66.5 Å². The van der Waals surface area contributed by atoms with Crippen LogP contribution in [-0.4, -0.2) is 12.5 Å². The maximum absolute atomic E-state index is 12.1. The van der Waals surface area contributed by atoms with Crippen LogP contribution in [-0.2, 0) is 4.79 Å². The summed E-state index contributed by atoms with van der Waals surface area (Å²) in [5.41, 5.74) is 1.69. The summed E-state index contributed by atoms with van der Waals surface area (Å²) in [5.74, 6) is -0.154. The van der Waals surface area contributed by atoms with E-state index in [0.29, 0.717) is 15.7 Å². The van der Waals surface area contributed by atoms with Crippen LogP contribution in [0.5, 0.6) is 0 Å². The van der Waals surface area contributed by atoms with Gasteiger partial charge in [-0.05, 0) is 24.1 Å². The molecule has 2 aromatic rings. The third-order valence-electron chi connectivity index (χ3n) is 3.34. The van der Waals surface area contributed by atoms with Crippen molar-refractivity contribution >= 4 is 34.8 Å². The lowest BCUT2D eigenvalue weighted by molar-refractivity contribution is -0.115. The molecule has 0 aliphatic carbocycles. The number of hydrogen-bond acceptors (Lipinski definition) is 2. The molecular formula is C17H18Cl2N2O. The van der Waals surface area contributed by atoms with Crippen molar-refractivity contribution in [3.8, 4) is 0 Å². The van der Waals surface area contributed by atoms with E-state index in [1.807, 2.05) is 30.3 Å². The first-order valence-corrected chi connectivity index (χ1v) is 7.89. The van der Waals surface area contributed by atoms with E-state index in [1.54, 1.807) is 18.2 Å². The van der Waals surface area contributed by atoms with Crippen LogP contribution in [0.4, 0.5) is 5.69 Å². The monoisotopic (exact) mass is 336 g/mol. The first-order chi connectivity index (χ1) is 10.6. The van der Waals surface area contributed by atoms with E-state index in [0.717, 1.165) is 6.42 Å². The second-order valence-electron chi connectivity index (χ2n) is 4.90. The Hall–Kier alpha value is -1.55. The van der Waals surface area contributed by atoms with Crippen molar-refractivity contribution in [1.82, 2.24) is 5.32 Å². The van der Waals surface area contributed by atoms with Crippen molar-refractivity contribution in [2.75, 3.05) is 11.9 Å². The molecule has 1 amide bonds. The molecule has 0 fully saturated rings. The minimum absolute atomic E-state index is 0.141. The molecule has 0 bridgehead atoms. The SMILES string of the molecule is CCC(NCC(=O)Nc1cccc(Cl)c1Cl)c1ccccc1. The predicted octanol–water partition coefficient (Wildman–Crippen LogP) is 4.67. The highest BCUT2D eigenvalue weighted by Gasteiger charge is 2.12. The van der Waals surface area contributed by atoms with Crippen LogP contribution < -0.4 is 10.6 Å².